The summed E-state index contributed by atoms with van der Waals surface area (Å²) in [6, 6.07) is 14.9. The second-order valence-corrected chi connectivity index (χ2v) is 5.56. The lowest BCUT2D eigenvalue weighted by Gasteiger charge is -2.12. The van der Waals surface area contributed by atoms with Crippen molar-refractivity contribution >= 4 is 11.9 Å². The Morgan fingerprint density at radius 2 is 1.73 bits per heavy atom. The fraction of sp³-hybridized carbons (Fsp3) is 0.300. The molecule has 0 bridgehead atoms. The number of carbonyl (C=O) groups is 2. The van der Waals surface area contributed by atoms with Crippen molar-refractivity contribution in [3.63, 3.8) is 0 Å². The molecule has 2 rings (SSSR count). The van der Waals surface area contributed by atoms with Crippen LogP contribution < -0.4 is 14.8 Å². The number of nitrogens with one attached hydrogen (secondary N) is 1. The topological polar surface area (TPSA) is 73.9 Å². The molecule has 0 spiro atoms. The molecule has 0 saturated carbocycles. The molecule has 26 heavy (non-hydrogen) atoms. The quantitative estimate of drug-likeness (QED) is 0.552. The lowest BCUT2D eigenvalue weighted by atomic mass is 10.1. The predicted molar refractivity (Wildman–Crippen MR) is 97.6 cm³/mol. The molecule has 6 heteroatoms. The van der Waals surface area contributed by atoms with Crippen LogP contribution in [0, 0.1) is 0 Å². The van der Waals surface area contributed by atoms with E-state index in [0.29, 0.717) is 12.3 Å². The zero-order valence-electron chi connectivity index (χ0n) is 15.0. The number of hydrogen-bond donors (Lipinski definition) is 1. The van der Waals surface area contributed by atoms with Crippen molar-refractivity contribution in [2.75, 3.05) is 27.4 Å². The fourth-order valence-electron chi connectivity index (χ4n) is 2.47. The summed E-state index contributed by atoms with van der Waals surface area (Å²) in [5.41, 5.74) is 1.43. The van der Waals surface area contributed by atoms with E-state index in [2.05, 4.69) is 5.32 Å². The SMILES string of the molecule is COc1cccc(C(=O)OCC(=O)NCCCc2ccccc2)c1OC. The molecule has 138 valence electrons. The van der Waals surface area contributed by atoms with Gasteiger partial charge in [-0.05, 0) is 30.5 Å². The van der Waals surface area contributed by atoms with Crippen molar-refractivity contribution in [2.45, 2.75) is 12.8 Å². The highest BCUT2D eigenvalue weighted by Crippen LogP contribution is 2.30. The molecule has 1 N–H and O–H groups in total. The van der Waals surface area contributed by atoms with Crippen LogP contribution in [0.4, 0.5) is 0 Å². The van der Waals surface area contributed by atoms with Crippen molar-refractivity contribution in [2.24, 2.45) is 0 Å². The van der Waals surface area contributed by atoms with Gasteiger partial charge in [0.25, 0.3) is 5.91 Å². The number of aryl methyl sites for hydroxylation is 1. The lowest BCUT2D eigenvalue weighted by Crippen LogP contribution is -2.29. The van der Waals surface area contributed by atoms with Crippen molar-refractivity contribution < 1.29 is 23.8 Å². The van der Waals surface area contributed by atoms with Crippen LogP contribution in [0.5, 0.6) is 11.5 Å². The van der Waals surface area contributed by atoms with Crippen LogP contribution in [-0.2, 0) is 16.0 Å². The lowest BCUT2D eigenvalue weighted by molar-refractivity contribution is -0.124. The first kappa shape index (κ1) is 19.3. The minimum absolute atomic E-state index is 0.212. The van der Waals surface area contributed by atoms with E-state index in [1.807, 2.05) is 30.3 Å². The predicted octanol–water partition coefficient (Wildman–Crippen LogP) is 2.61. The molecule has 2 aromatic rings. The van der Waals surface area contributed by atoms with E-state index >= 15 is 0 Å². The molecular weight excluding hydrogens is 334 g/mol. The van der Waals surface area contributed by atoms with E-state index in [1.165, 1.54) is 19.8 Å². The van der Waals surface area contributed by atoms with E-state index in [4.69, 9.17) is 14.2 Å². The number of ether oxygens (including phenoxy) is 3. The molecule has 0 unspecified atom stereocenters. The molecule has 0 heterocycles. The summed E-state index contributed by atoms with van der Waals surface area (Å²) in [4.78, 5) is 24.0. The van der Waals surface area contributed by atoms with Gasteiger partial charge >= 0.3 is 5.97 Å². The highest BCUT2D eigenvalue weighted by Gasteiger charge is 2.18. The van der Waals surface area contributed by atoms with E-state index in [1.54, 1.807) is 18.2 Å². The number of hydrogen-bond acceptors (Lipinski definition) is 5. The Bertz CT molecular complexity index is 730. The third-order valence-corrected chi connectivity index (χ3v) is 3.76. The first-order valence-corrected chi connectivity index (χ1v) is 8.34. The van der Waals surface area contributed by atoms with Crippen LogP contribution >= 0.6 is 0 Å². The Labute approximate surface area is 153 Å². The summed E-state index contributed by atoms with van der Waals surface area (Å²) in [5.74, 6) is -0.274. The molecule has 0 aromatic heterocycles. The molecule has 0 atom stereocenters. The van der Waals surface area contributed by atoms with E-state index in [0.717, 1.165) is 12.8 Å². The molecule has 2 aromatic carbocycles. The summed E-state index contributed by atoms with van der Waals surface area (Å²) < 4.78 is 15.4. The zero-order valence-corrected chi connectivity index (χ0v) is 15.0. The monoisotopic (exact) mass is 357 g/mol. The maximum absolute atomic E-state index is 12.2. The maximum atomic E-state index is 12.2. The third kappa shape index (κ3) is 5.51. The number of rotatable bonds is 9. The Morgan fingerprint density at radius 1 is 0.962 bits per heavy atom. The van der Waals surface area contributed by atoms with Gasteiger partial charge in [-0.25, -0.2) is 4.79 Å². The number of methoxy groups -OCH3 is 2. The summed E-state index contributed by atoms with van der Waals surface area (Å²) in [6.07, 6.45) is 1.69. The van der Waals surface area contributed by atoms with Crippen LogP contribution in [0.1, 0.15) is 22.3 Å². The van der Waals surface area contributed by atoms with Gasteiger partial charge in [-0.3, -0.25) is 4.79 Å². The number of para-hydroxylation sites is 1. The zero-order chi connectivity index (χ0) is 18.8. The molecule has 0 aliphatic heterocycles. The average Bonchev–Trinajstić information content (AvgIpc) is 2.69. The number of esters is 1. The van der Waals surface area contributed by atoms with Gasteiger partial charge in [-0.15, -0.1) is 0 Å². The van der Waals surface area contributed by atoms with Gasteiger partial charge in [0.1, 0.15) is 5.56 Å². The number of amides is 1. The van der Waals surface area contributed by atoms with Crippen molar-refractivity contribution in [3.05, 3.63) is 59.7 Å². The second kappa shape index (κ2) is 10.1. The second-order valence-electron chi connectivity index (χ2n) is 5.56. The largest absolute Gasteiger partial charge is 0.493 e. The van der Waals surface area contributed by atoms with Gasteiger partial charge < -0.3 is 19.5 Å². The summed E-state index contributed by atoms with van der Waals surface area (Å²) in [6.45, 7) is 0.179. The minimum Gasteiger partial charge on any atom is -0.493 e. The van der Waals surface area contributed by atoms with Crippen molar-refractivity contribution in [1.82, 2.24) is 5.32 Å². The summed E-state index contributed by atoms with van der Waals surface area (Å²) in [5, 5.41) is 2.74. The maximum Gasteiger partial charge on any atom is 0.342 e. The number of benzene rings is 2. The van der Waals surface area contributed by atoms with Gasteiger partial charge in [0.2, 0.25) is 0 Å². The van der Waals surface area contributed by atoms with Gasteiger partial charge in [0.15, 0.2) is 18.1 Å². The average molecular weight is 357 g/mol. The highest BCUT2D eigenvalue weighted by atomic mass is 16.5. The van der Waals surface area contributed by atoms with Crippen LogP contribution in [-0.4, -0.2) is 39.2 Å². The first-order chi connectivity index (χ1) is 12.7. The Balaban J connectivity index is 1.76. The van der Waals surface area contributed by atoms with Crippen molar-refractivity contribution in [3.8, 4) is 11.5 Å². The van der Waals surface area contributed by atoms with Crippen LogP contribution in [0.25, 0.3) is 0 Å². The summed E-state index contributed by atoms with van der Waals surface area (Å²) in [7, 11) is 2.92. The van der Waals surface area contributed by atoms with Gasteiger partial charge in [0, 0.05) is 6.54 Å². The third-order valence-electron chi connectivity index (χ3n) is 3.76. The molecular formula is C20H23NO5. The standard InChI is InChI=1S/C20H23NO5/c1-24-17-12-6-11-16(19(17)25-2)20(23)26-14-18(22)21-13-7-10-15-8-4-3-5-9-15/h3-6,8-9,11-12H,7,10,13-14H2,1-2H3,(H,21,22). The van der Waals surface area contributed by atoms with E-state index in [9.17, 15) is 9.59 Å². The van der Waals surface area contributed by atoms with E-state index < -0.39 is 5.97 Å². The molecule has 0 fully saturated rings. The fourth-order valence-corrected chi connectivity index (χ4v) is 2.47. The summed E-state index contributed by atoms with van der Waals surface area (Å²) >= 11 is 0. The van der Waals surface area contributed by atoms with Gasteiger partial charge in [0.05, 0.1) is 14.2 Å². The van der Waals surface area contributed by atoms with Crippen molar-refractivity contribution in [1.29, 1.82) is 0 Å². The molecule has 0 aliphatic rings. The Morgan fingerprint density at radius 3 is 2.42 bits per heavy atom. The van der Waals surface area contributed by atoms with Gasteiger partial charge in [-0.1, -0.05) is 36.4 Å². The normalized spacial score (nSPS) is 10.1. The van der Waals surface area contributed by atoms with Crippen LogP contribution in [0.3, 0.4) is 0 Å². The first-order valence-electron chi connectivity index (χ1n) is 8.34. The molecule has 1 amide bonds. The van der Waals surface area contributed by atoms with E-state index in [-0.39, 0.29) is 23.8 Å². The smallest absolute Gasteiger partial charge is 0.342 e. The Kier molecular flexibility index (Phi) is 7.49. The highest BCUT2D eigenvalue weighted by molar-refractivity contribution is 5.94. The molecule has 6 nitrogen and oxygen atoms in total. The molecule has 0 radical (unpaired) electrons. The molecule has 0 aliphatic carbocycles. The van der Waals surface area contributed by atoms with Gasteiger partial charge in [-0.2, -0.15) is 0 Å². The van der Waals surface area contributed by atoms with Crippen LogP contribution in [0.2, 0.25) is 0 Å². The van der Waals surface area contributed by atoms with Crippen LogP contribution in [0.15, 0.2) is 48.5 Å². The Hall–Kier alpha value is -3.02. The number of carbonyl (C=O) groups excluding carboxylic acids is 2. The molecule has 0 saturated heterocycles. The minimum atomic E-state index is -0.639.